The molecule has 0 radical (unpaired) electrons. The topological polar surface area (TPSA) is 24.9 Å². The number of nitrogens with one attached hydrogen (secondary N) is 1. The Hall–Kier alpha value is -0.710. The third-order valence-electron chi connectivity index (χ3n) is 2.78. The summed E-state index contributed by atoms with van der Waals surface area (Å²) >= 11 is 5.37. The Labute approximate surface area is 121 Å². The summed E-state index contributed by atoms with van der Waals surface area (Å²) in [6.07, 6.45) is 0.939. The Morgan fingerprint density at radius 2 is 2.17 bits per heavy atom. The molecule has 1 aromatic heterocycles. The average Bonchev–Trinajstić information content (AvgIpc) is 2.75. The van der Waals surface area contributed by atoms with Gasteiger partial charge in [0, 0.05) is 28.0 Å². The maximum atomic E-state index is 4.55. The molecule has 0 aliphatic carbocycles. The summed E-state index contributed by atoms with van der Waals surface area (Å²) in [4.78, 5) is 4.55. The van der Waals surface area contributed by atoms with Gasteiger partial charge in [-0.3, -0.25) is 0 Å². The van der Waals surface area contributed by atoms with Crippen LogP contribution in [0.15, 0.2) is 34.1 Å². The highest BCUT2D eigenvalue weighted by molar-refractivity contribution is 9.10. The highest BCUT2D eigenvalue weighted by Crippen LogP contribution is 2.26. The molecule has 18 heavy (non-hydrogen) atoms. The molecule has 1 unspecified atom stereocenters. The molecule has 0 spiro atoms. The highest BCUT2D eigenvalue weighted by Gasteiger charge is 2.15. The first-order chi connectivity index (χ1) is 8.70. The predicted octanol–water partition coefficient (Wildman–Crippen LogP) is 4.11. The van der Waals surface area contributed by atoms with Gasteiger partial charge in [0.05, 0.1) is 5.01 Å². The summed E-state index contributed by atoms with van der Waals surface area (Å²) in [5, 5.41) is 6.83. The van der Waals surface area contributed by atoms with E-state index in [0.717, 1.165) is 23.1 Å². The van der Waals surface area contributed by atoms with E-state index in [1.165, 1.54) is 10.6 Å². The molecule has 0 amide bonds. The first-order valence-electron chi connectivity index (χ1n) is 6.09. The normalized spacial score (nSPS) is 12.6. The molecule has 1 aromatic carbocycles. The monoisotopic (exact) mass is 324 g/mol. The molecule has 2 nitrogen and oxygen atoms in total. The zero-order valence-electron chi connectivity index (χ0n) is 10.6. The number of halogens is 1. The quantitative estimate of drug-likeness (QED) is 0.895. The van der Waals surface area contributed by atoms with Crippen LogP contribution in [-0.4, -0.2) is 11.5 Å². The number of benzene rings is 1. The molecular formula is C14H17BrN2S. The summed E-state index contributed by atoms with van der Waals surface area (Å²) in [5.41, 5.74) is 2.41. The SMILES string of the molecule is CCNC(Cc1nc(C)cs1)c1ccccc1Br. The molecule has 2 aromatic rings. The van der Waals surface area contributed by atoms with Crippen molar-refractivity contribution in [2.24, 2.45) is 0 Å². The Morgan fingerprint density at radius 1 is 1.39 bits per heavy atom. The van der Waals surface area contributed by atoms with E-state index in [9.17, 15) is 0 Å². The van der Waals surface area contributed by atoms with Crippen molar-refractivity contribution in [1.82, 2.24) is 10.3 Å². The third kappa shape index (κ3) is 3.40. The Morgan fingerprint density at radius 3 is 2.78 bits per heavy atom. The molecule has 0 saturated heterocycles. The lowest BCUT2D eigenvalue weighted by Gasteiger charge is -2.18. The van der Waals surface area contributed by atoms with Crippen molar-refractivity contribution in [1.29, 1.82) is 0 Å². The molecule has 96 valence electrons. The fourth-order valence-electron chi connectivity index (χ4n) is 1.97. The van der Waals surface area contributed by atoms with E-state index in [4.69, 9.17) is 0 Å². The first-order valence-corrected chi connectivity index (χ1v) is 7.76. The summed E-state index contributed by atoms with van der Waals surface area (Å²) in [7, 11) is 0. The molecule has 0 aliphatic heterocycles. The molecule has 1 heterocycles. The molecule has 4 heteroatoms. The number of thiazole rings is 1. The highest BCUT2D eigenvalue weighted by atomic mass is 79.9. The van der Waals surface area contributed by atoms with E-state index in [-0.39, 0.29) is 0 Å². The minimum atomic E-state index is 0.316. The van der Waals surface area contributed by atoms with Crippen molar-refractivity contribution < 1.29 is 0 Å². The van der Waals surface area contributed by atoms with Crippen LogP contribution in [0.3, 0.4) is 0 Å². The van der Waals surface area contributed by atoms with E-state index in [1.807, 2.05) is 13.0 Å². The van der Waals surface area contributed by atoms with Gasteiger partial charge in [-0.15, -0.1) is 11.3 Å². The molecule has 0 bridgehead atoms. The molecule has 1 atom stereocenters. The van der Waals surface area contributed by atoms with Gasteiger partial charge in [-0.25, -0.2) is 4.98 Å². The van der Waals surface area contributed by atoms with E-state index < -0.39 is 0 Å². The fraction of sp³-hybridized carbons (Fsp3) is 0.357. The molecular weight excluding hydrogens is 308 g/mol. The lowest BCUT2D eigenvalue weighted by Crippen LogP contribution is -2.23. The minimum Gasteiger partial charge on any atom is -0.310 e. The van der Waals surface area contributed by atoms with Gasteiger partial charge < -0.3 is 5.32 Å². The molecule has 1 N–H and O–H groups in total. The minimum absolute atomic E-state index is 0.316. The van der Waals surface area contributed by atoms with Gasteiger partial charge in [-0.1, -0.05) is 41.1 Å². The van der Waals surface area contributed by atoms with Gasteiger partial charge in [-0.05, 0) is 25.1 Å². The zero-order chi connectivity index (χ0) is 13.0. The van der Waals surface area contributed by atoms with Gasteiger partial charge in [0.25, 0.3) is 0 Å². The van der Waals surface area contributed by atoms with Crippen LogP contribution in [0.4, 0.5) is 0 Å². The molecule has 0 fully saturated rings. The van der Waals surface area contributed by atoms with Gasteiger partial charge in [0.1, 0.15) is 0 Å². The van der Waals surface area contributed by atoms with Crippen molar-refractivity contribution in [3.63, 3.8) is 0 Å². The zero-order valence-corrected chi connectivity index (χ0v) is 13.0. The summed E-state index contributed by atoms with van der Waals surface area (Å²) in [6.45, 7) is 5.13. The smallest absolute Gasteiger partial charge is 0.0947 e. The van der Waals surface area contributed by atoms with Crippen LogP contribution in [-0.2, 0) is 6.42 Å². The van der Waals surface area contributed by atoms with Crippen molar-refractivity contribution in [2.45, 2.75) is 26.3 Å². The summed E-state index contributed by atoms with van der Waals surface area (Å²) in [5.74, 6) is 0. The van der Waals surface area contributed by atoms with E-state index in [1.54, 1.807) is 11.3 Å². The van der Waals surface area contributed by atoms with Crippen LogP contribution in [0.2, 0.25) is 0 Å². The first kappa shape index (κ1) is 13.7. The number of hydrogen-bond donors (Lipinski definition) is 1. The van der Waals surface area contributed by atoms with E-state index >= 15 is 0 Å². The lowest BCUT2D eigenvalue weighted by atomic mass is 10.0. The van der Waals surface area contributed by atoms with Gasteiger partial charge in [0.15, 0.2) is 0 Å². The van der Waals surface area contributed by atoms with Gasteiger partial charge >= 0.3 is 0 Å². The standard InChI is InChI=1S/C14H17BrN2S/c1-3-16-13(8-14-17-10(2)9-18-14)11-6-4-5-7-12(11)15/h4-7,9,13,16H,3,8H2,1-2H3. The van der Waals surface area contributed by atoms with Crippen LogP contribution in [0, 0.1) is 6.92 Å². The number of likely N-dealkylation sites (N-methyl/N-ethyl adjacent to an activating group) is 1. The van der Waals surface area contributed by atoms with Crippen molar-refractivity contribution >= 4 is 27.3 Å². The van der Waals surface area contributed by atoms with Crippen molar-refractivity contribution in [2.75, 3.05) is 6.54 Å². The van der Waals surface area contributed by atoms with Crippen molar-refractivity contribution in [3.8, 4) is 0 Å². The van der Waals surface area contributed by atoms with Gasteiger partial charge in [0.2, 0.25) is 0 Å². The maximum Gasteiger partial charge on any atom is 0.0947 e. The van der Waals surface area contributed by atoms with E-state index in [2.05, 4.69) is 56.7 Å². The van der Waals surface area contributed by atoms with Crippen LogP contribution in [0.1, 0.15) is 29.2 Å². The second-order valence-corrected chi connectivity index (χ2v) is 6.02. The number of aromatic nitrogens is 1. The number of hydrogen-bond acceptors (Lipinski definition) is 3. The van der Waals surface area contributed by atoms with Crippen LogP contribution in [0.5, 0.6) is 0 Å². The Kier molecular flexibility index (Phi) is 4.92. The maximum absolute atomic E-state index is 4.55. The van der Waals surface area contributed by atoms with Crippen molar-refractivity contribution in [3.05, 3.63) is 50.4 Å². The average molecular weight is 325 g/mol. The second kappa shape index (κ2) is 6.45. The largest absolute Gasteiger partial charge is 0.310 e. The lowest BCUT2D eigenvalue weighted by molar-refractivity contribution is 0.546. The second-order valence-electron chi connectivity index (χ2n) is 4.22. The van der Waals surface area contributed by atoms with Crippen LogP contribution in [0.25, 0.3) is 0 Å². The molecule has 0 aliphatic rings. The Bertz CT molecular complexity index is 510. The summed E-state index contributed by atoms with van der Waals surface area (Å²) in [6, 6.07) is 8.70. The number of rotatable bonds is 5. The molecule has 2 rings (SSSR count). The Balaban J connectivity index is 2.20. The number of nitrogens with zero attached hydrogens (tertiary/aromatic N) is 1. The summed E-state index contributed by atoms with van der Waals surface area (Å²) < 4.78 is 1.16. The third-order valence-corrected chi connectivity index (χ3v) is 4.49. The van der Waals surface area contributed by atoms with Crippen LogP contribution >= 0.6 is 27.3 Å². The number of aryl methyl sites for hydroxylation is 1. The van der Waals surface area contributed by atoms with Gasteiger partial charge in [-0.2, -0.15) is 0 Å². The van der Waals surface area contributed by atoms with E-state index in [0.29, 0.717) is 6.04 Å². The van der Waals surface area contributed by atoms with Crippen LogP contribution < -0.4 is 5.32 Å². The fourth-order valence-corrected chi connectivity index (χ4v) is 3.35. The molecule has 0 saturated carbocycles. The predicted molar refractivity (Wildman–Crippen MR) is 81.1 cm³/mol.